The number of nitrogens with one attached hydrogen (secondary N) is 2. The molecule has 0 saturated heterocycles. The molecule has 0 aliphatic carbocycles. The van der Waals surface area contributed by atoms with Crippen LogP contribution in [0.1, 0.15) is 15.9 Å². The molecular weight excluding hydrogens is 422 g/mol. The number of ether oxygens (including phenoxy) is 2. The van der Waals surface area contributed by atoms with Gasteiger partial charge in [0.25, 0.3) is 11.8 Å². The zero-order valence-electron chi connectivity index (χ0n) is 15.7. The molecule has 0 aromatic heterocycles. The summed E-state index contributed by atoms with van der Waals surface area (Å²) >= 11 is 5.96. The lowest BCUT2D eigenvalue weighted by Crippen LogP contribution is -2.23. The van der Waals surface area contributed by atoms with Crippen molar-refractivity contribution in [1.29, 1.82) is 0 Å². The average molecular weight is 442 g/mol. The molecule has 0 unspecified atom stereocenters. The topological polar surface area (TPSA) is 137 Å². The standard InChI is InChI=1S/C18H20ClN3O6S/c1-27-16-7-11(3-6-15(16)28-10-17(20)23)9-21-18(24)12-4-5-13(19)14(8-12)22-29(2,25)26/h3-8,22H,9-10H2,1-2H3,(H2,20,23)(H,21,24). The first-order valence-electron chi connectivity index (χ1n) is 8.22. The lowest BCUT2D eigenvalue weighted by atomic mass is 10.1. The number of sulfonamides is 1. The molecule has 0 aliphatic heterocycles. The van der Waals surface area contributed by atoms with E-state index in [-0.39, 0.29) is 29.4 Å². The SMILES string of the molecule is COc1cc(CNC(=O)c2ccc(Cl)c(NS(C)(=O)=O)c2)ccc1OCC(N)=O. The lowest BCUT2D eigenvalue weighted by molar-refractivity contribution is -0.119. The van der Waals surface area contributed by atoms with E-state index in [1.165, 1.54) is 25.3 Å². The zero-order valence-corrected chi connectivity index (χ0v) is 17.3. The predicted octanol–water partition coefficient (Wildman–Crippen LogP) is 1.51. The van der Waals surface area contributed by atoms with Crippen molar-refractivity contribution in [3.63, 3.8) is 0 Å². The number of carbonyl (C=O) groups excluding carboxylic acids is 2. The third-order valence-electron chi connectivity index (χ3n) is 3.57. The fourth-order valence-electron chi connectivity index (χ4n) is 2.32. The van der Waals surface area contributed by atoms with Crippen molar-refractivity contribution >= 4 is 39.1 Å². The fourth-order valence-corrected chi connectivity index (χ4v) is 3.11. The van der Waals surface area contributed by atoms with Crippen LogP contribution in [0.4, 0.5) is 5.69 Å². The Kier molecular flexibility index (Phi) is 7.29. The Morgan fingerprint density at radius 1 is 1.14 bits per heavy atom. The minimum absolute atomic E-state index is 0.111. The van der Waals surface area contributed by atoms with E-state index in [1.807, 2.05) is 0 Å². The summed E-state index contributed by atoms with van der Waals surface area (Å²) in [6.45, 7) is -0.115. The molecule has 2 aromatic rings. The van der Waals surface area contributed by atoms with E-state index < -0.39 is 21.8 Å². The van der Waals surface area contributed by atoms with Gasteiger partial charge in [-0.1, -0.05) is 17.7 Å². The van der Waals surface area contributed by atoms with Gasteiger partial charge in [-0.05, 0) is 35.9 Å². The maximum atomic E-state index is 12.4. The van der Waals surface area contributed by atoms with Crippen LogP contribution in [0.5, 0.6) is 11.5 Å². The van der Waals surface area contributed by atoms with Gasteiger partial charge in [0, 0.05) is 12.1 Å². The number of primary amides is 1. The number of anilines is 1. The summed E-state index contributed by atoms with van der Waals surface area (Å²) in [5.41, 5.74) is 6.11. The second-order valence-corrected chi connectivity index (χ2v) is 8.15. The molecule has 9 nitrogen and oxygen atoms in total. The molecule has 2 aromatic carbocycles. The number of hydrogen-bond acceptors (Lipinski definition) is 6. The van der Waals surface area contributed by atoms with Gasteiger partial charge in [0.2, 0.25) is 10.0 Å². The Labute approximate surface area is 173 Å². The van der Waals surface area contributed by atoms with Gasteiger partial charge in [-0.15, -0.1) is 0 Å². The number of hydrogen-bond donors (Lipinski definition) is 3. The number of nitrogens with two attached hydrogens (primary N) is 1. The molecule has 0 bridgehead atoms. The highest BCUT2D eigenvalue weighted by Gasteiger charge is 2.13. The first kappa shape index (κ1) is 22.3. The van der Waals surface area contributed by atoms with Crippen LogP contribution >= 0.6 is 11.6 Å². The summed E-state index contributed by atoms with van der Waals surface area (Å²) < 4.78 is 35.5. The number of amides is 2. The Morgan fingerprint density at radius 2 is 1.86 bits per heavy atom. The van der Waals surface area contributed by atoms with Crippen molar-refractivity contribution in [3.05, 3.63) is 52.5 Å². The van der Waals surface area contributed by atoms with Crippen LogP contribution in [0, 0.1) is 0 Å². The fraction of sp³-hybridized carbons (Fsp3) is 0.222. The smallest absolute Gasteiger partial charge is 0.255 e. The number of carbonyl (C=O) groups is 2. The Morgan fingerprint density at radius 3 is 2.48 bits per heavy atom. The minimum Gasteiger partial charge on any atom is -0.493 e. The van der Waals surface area contributed by atoms with Crippen LogP contribution in [0.25, 0.3) is 0 Å². The molecule has 11 heteroatoms. The van der Waals surface area contributed by atoms with Crippen LogP contribution in [0.15, 0.2) is 36.4 Å². The van der Waals surface area contributed by atoms with Gasteiger partial charge in [-0.25, -0.2) is 8.42 Å². The molecular formula is C18H20ClN3O6S. The summed E-state index contributed by atoms with van der Waals surface area (Å²) in [7, 11) is -2.10. The third-order valence-corrected chi connectivity index (χ3v) is 4.50. The average Bonchev–Trinajstić information content (AvgIpc) is 2.65. The number of rotatable bonds is 9. The lowest BCUT2D eigenvalue weighted by Gasteiger charge is -2.12. The number of methoxy groups -OCH3 is 1. The Balaban J connectivity index is 2.09. The quantitative estimate of drug-likeness (QED) is 0.539. The monoisotopic (exact) mass is 441 g/mol. The molecule has 0 aliphatic rings. The second-order valence-electron chi connectivity index (χ2n) is 5.99. The number of benzene rings is 2. The van der Waals surface area contributed by atoms with Crippen LogP contribution in [0.2, 0.25) is 5.02 Å². The molecule has 0 spiro atoms. The highest BCUT2D eigenvalue weighted by atomic mass is 35.5. The third kappa shape index (κ3) is 6.84. The molecule has 4 N–H and O–H groups in total. The van der Waals surface area contributed by atoms with Crippen LogP contribution < -0.4 is 25.2 Å². The highest BCUT2D eigenvalue weighted by molar-refractivity contribution is 7.92. The molecule has 0 radical (unpaired) electrons. The van der Waals surface area contributed by atoms with E-state index in [9.17, 15) is 18.0 Å². The second kappa shape index (κ2) is 9.48. The zero-order chi connectivity index (χ0) is 21.6. The van der Waals surface area contributed by atoms with E-state index in [0.717, 1.165) is 6.26 Å². The van der Waals surface area contributed by atoms with E-state index in [1.54, 1.807) is 18.2 Å². The van der Waals surface area contributed by atoms with Gasteiger partial charge in [0.15, 0.2) is 18.1 Å². The first-order chi connectivity index (χ1) is 13.6. The van der Waals surface area contributed by atoms with Crippen molar-refractivity contribution in [2.75, 3.05) is 24.7 Å². The molecule has 0 fully saturated rings. The van der Waals surface area contributed by atoms with Crippen LogP contribution in [-0.4, -0.2) is 40.2 Å². The molecule has 156 valence electrons. The Bertz CT molecular complexity index is 1030. The summed E-state index contributed by atoms with van der Waals surface area (Å²) in [5.74, 6) is -0.318. The van der Waals surface area contributed by atoms with E-state index in [2.05, 4.69) is 10.0 Å². The van der Waals surface area contributed by atoms with Crippen LogP contribution in [-0.2, 0) is 21.4 Å². The predicted molar refractivity (Wildman–Crippen MR) is 109 cm³/mol. The van der Waals surface area contributed by atoms with Gasteiger partial charge >= 0.3 is 0 Å². The maximum Gasteiger partial charge on any atom is 0.255 e. The van der Waals surface area contributed by atoms with Crippen molar-refractivity contribution in [2.24, 2.45) is 5.73 Å². The molecule has 0 heterocycles. The maximum absolute atomic E-state index is 12.4. The van der Waals surface area contributed by atoms with Gasteiger partial charge in [-0.2, -0.15) is 0 Å². The highest BCUT2D eigenvalue weighted by Crippen LogP contribution is 2.28. The van der Waals surface area contributed by atoms with Gasteiger partial charge < -0.3 is 20.5 Å². The summed E-state index contributed by atoms with van der Waals surface area (Å²) in [6.07, 6.45) is 0.986. The van der Waals surface area contributed by atoms with Crippen molar-refractivity contribution < 1.29 is 27.5 Å². The molecule has 2 amide bonds. The van der Waals surface area contributed by atoms with E-state index in [0.29, 0.717) is 17.1 Å². The summed E-state index contributed by atoms with van der Waals surface area (Å²) in [5, 5.41) is 2.89. The molecule has 2 rings (SSSR count). The molecule has 0 atom stereocenters. The van der Waals surface area contributed by atoms with Crippen molar-refractivity contribution in [2.45, 2.75) is 6.54 Å². The normalized spacial score (nSPS) is 10.9. The number of halogens is 1. The van der Waals surface area contributed by atoms with Gasteiger partial charge in [0.05, 0.1) is 24.1 Å². The molecule has 0 saturated carbocycles. The minimum atomic E-state index is -3.54. The van der Waals surface area contributed by atoms with Crippen LogP contribution in [0.3, 0.4) is 0 Å². The molecule has 29 heavy (non-hydrogen) atoms. The summed E-state index contributed by atoms with van der Waals surface area (Å²) in [4.78, 5) is 23.2. The van der Waals surface area contributed by atoms with Gasteiger partial charge in [-0.3, -0.25) is 14.3 Å². The van der Waals surface area contributed by atoms with Crippen molar-refractivity contribution in [3.8, 4) is 11.5 Å². The van der Waals surface area contributed by atoms with E-state index >= 15 is 0 Å². The Hall–Kier alpha value is -2.98. The first-order valence-corrected chi connectivity index (χ1v) is 10.5. The largest absolute Gasteiger partial charge is 0.493 e. The summed E-state index contributed by atoms with van der Waals surface area (Å²) in [6, 6.07) is 9.19. The van der Waals surface area contributed by atoms with Gasteiger partial charge in [0.1, 0.15) is 0 Å². The van der Waals surface area contributed by atoms with Crippen molar-refractivity contribution in [1.82, 2.24) is 5.32 Å². The van der Waals surface area contributed by atoms with E-state index in [4.69, 9.17) is 26.8 Å².